The minimum absolute atomic E-state index is 0.0586. The molecule has 1 aromatic rings. The molecule has 1 rings (SSSR count). The van der Waals surface area contributed by atoms with Crippen molar-refractivity contribution in [1.29, 1.82) is 0 Å². The molecule has 0 atom stereocenters. The van der Waals surface area contributed by atoms with Crippen molar-refractivity contribution in [2.45, 2.75) is 18.7 Å². The molecule has 0 amide bonds. The smallest absolute Gasteiger partial charge is 0.265 e. The Kier molecular flexibility index (Phi) is 3.53. The highest BCUT2D eigenvalue weighted by atomic mass is 35.7. The Bertz CT molecular complexity index is 495. The first kappa shape index (κ1) is 12.6. The van der Waals surface area contributed by atoms with E-state index in [0.717, 1.165) is 0 Å². The van der Waals surface area contributed by atoms with Crippen molar-refractivity contribution in [3.8, 4) is 5.75 Å². The Morgan fingerprint density at radius 2 is 1.87 bits per heavy atom. The third kappa shape index (κ3) is 2.38. The first-order chi connectivity index (χ1) is 6.79. The summed E-state index contributed by atoms with van der Waals surface area (Å²) in [6.07, 6.45) is 0. The summed E-state index contributed by atoms with van der Waals surface area (Å²) in [7, 11) is 2.86. The van der Waals surface area contributed by atoms with Gasteiger partial charge in [-0.3, -0.25) is 0 Å². The van der Waals surface area contributed by atoms with E-state index in [-0.39, 0.29) is 10.6 Å². The van der Waals surface area contributed by atoms with Crippen molar-refractivity contribution in [2.24, 2.45) is 0 Å². The van der Waals surface area contributed by atoms with Crippen LogP contribution >= 0.6 is 22.3 Å². The lowest BCUT2D eigenvalue weighted by molar-refractivity contribution is 0.399. The van der Waals surface area contributed by atoms with E-state index in [0.29, 0.717) is 16.1 Å². The highest BCUT2D eigenvalue weighted by Gasteiger charge is 2.23. The normalized spacial score (nSPS) is 11.5. The fraction of sp³-hybridized carbons (Fsp3) is 0.333. The summed E-state index contributed by atoms with van der Waals surface area (Å²) < 4.78 is 27.7. The van der Waals surface area contributed by atoms with E-state index in [4.69, 9.17) is 27.0 Å². The van der Waals surface area contributed by atoms with Crippen LogP contribution in [0.25, 0.3) is 0 Å². The van der Waals surface area contributed by atoms with E-state index in [1.807, 2.05) is 0 Å². The lowest BCUT2D eigenvalue weighted by Crippen LogP contribution is -2.02. The number of halogens is 2. The highest BCUT2D eigenvalue weighted by molar-refractivity contribution is 8.13. The molecule has 0 aliphatic heterocycles. The van der Waals surface area contributed by atoms with Crippen LogP contribution in [-0.2, 0) is 9.05 Å². The van der Waals surface area contributed by atoms with Gasteiger partial charge in [0, 0.05) is 15.7 Å². The molecule has 0 spiro atoms. The second kappa shape index (κ2) is 4.20. The first-order valence-electron chi connectivity index (χ1n) is 4.07. The summed E-state index contributed by atoms with van der Waals surface area (Å²) in [6, 6.07) is 1.64. The minimum atomic E-state index is -3.86. The lowest BCUT2D eigenvalue weighted by atomic mass is 10.1. The summed E-state index contributed by atoms with van der Waals surface area (Å²) in [4.78, 5) is -0.0586. The van der Waals surface area contributed by atoms with Gasteiger partial charge in [-0.2, -0.15) is 0 Å². The lowest BCUT2D eigenvalue weighted by Gasteiger charge is -2.12. The van der Waals surface area contributed by atoms with Gasteiger partial charge in [-0.1, -0.05) is 11.6 Å². The largest absolute Gasteiger partial charge is 0.495 e. The van der Waals surface area contributed by atoms with Crippen molar-refractivity contribution in [1.82, 2.24) is 0 Å². The maximum atomic E-state index is 11.4. The molecule has 0 aromatic heterocycles. The van der Waals surface area contributed by atoms with Crippen LogP contribution in [0.1, 0.15) is 11.1 Å². The van der Waals surface area contributed by atoms with Gasteiger partial charge in [0.1, 0.15) is 10.6 Å². The summed E-state index contributed by atoms with van der Waals surface area (Å²) in [5.41, 5.74) is 1.03. The zero-order valence-electron chi connectivity index (χ0n) is 8.47. The minimum Gasteiger partial charge on any atom is -0.495 e. The molecular formula is C9H10Cl2O3S. The van der Waals surface area contributed by atoms with Crippen molar-refractivity contribution < 1.29 is 13.2 Å². The molecule has 0 aliphatic carbocycles. The monoisotopic (exact) mass is 268 g/mol. The van der Waals surface area contributed by atoms with E-state index in [1.54, 1.807) is 19.9 Å². The molecular weight excluding hydrogens is 259 g/mol. The van der Waals surface area contributed by atoms with E-state index in [9.17, 15) is 8.42 Å². The average Bonchev–Trinajstić information content (AvgIpc) is 2.08. The Hall–Kier alpha value is -0.450. The first-order valence-corrected chi connectivity index (χ1v) is 6.76. The molecule has 0 fully saturated rings. The molecule has 0 saturated heterocycles. The van der Waals surface area contributed by atoms with Crippen molar-refractivity contribution in [2.75, 3.05) is 7.11 Å². The summed E-state index contributed by atoms with van der Waals surface area (Å²) in [5.74, 6) is 0.243. The zero-order chi connectivity index (χ0) is 11.8. The molecule has 0 heterocycles. The van der Waals surface area contributed by atoms with Crippen LogP contribution in [-0.4, -0.2) is 15.5 Å². The number of benzene rings is 1. The summed E-state index contributed by atoms with van der Waals surface area (Å²) in [5, 5.41) is 0.354. The van der Waals surface area contributed by atoms with Crippen molar-refractivity contribution >= 4 is 31.3 Å². The number of aryl methyl sites for hydroxylation is 1. The van der Waals surface area contributed by atoms with E-state index < -0.39 is 9.05 Å². The van der Waals surface area contributed by atoms with Gasteiger partial charge in [-0.05, 0) is 31.0 Å². The molecule has 0 saturated carbocycles. The van der Waals surface area contributed by atoms with Crippen LogP contribution in [0.15, 0.2) is 11.0 Å². The second-order valence-electron chi connectivity index (χ2n) is 3.10. The molecule has 1 aromatic carbocycles. The third-order valence-corrected chi connectivity index (χ3v) is 3.89. The van der Waals surface area contributed by atoms with Gasteiger partial charge >= 0.3 is 0 Å². The predicted octanol–water partition coefficient (Wildman–Crippen LogP) is 2.89. The molecule has 6 heteroatoms. The van der Waals surface area contributed by atoms with Crippen LogP contribution in [0.4, 0.5) is 0 Å². The molecule has 0 bridgehead atoms. The quantitative estimate of drug-likeness (QED) is 0.775. The number of ether oxygens (including phenoxy) is 1. The van der Waals surface area contributed by atoms with Crippen LogP contribution in [0, 0.1) is 13.8 Å². The number of methoxy groups -OCH3 is 1. The van der Waals surface area contributed by atoms with Crippen LogP contribution in [0.5, 0.6) is 5.75 Å². The highest BCUT2D eigenvalue weighted by Crippen LogP contribution is 2.36. The fourth-order valence-electron chi connectivity index (χ4n) is 1.37. The molecule has 0 N–H and O–H groups in total. The summed E-state index contributed by atoms with van der Waals surface area (Å²) in [6.45, 7) is 3.29. The molecule has 15 heavy (non-hydrogen) atoms. The zero-order valence-corrected chi connectivity index (χ0v) is 10.8. The van der Waals surface area contributed by atoms with Gasteiger partial charge in [0.2, 0.25) is 0 Å². The Labute approximate surface area is 98.4 Å². The summed E-state index contributed by atoms with van der Waals surface area (Å²) >= 11 is 5.88. The van der Waals surface area contributed by atoms with E-state index in [1.165, 1.54) is 7.11 Å². The average molecular weight is 269 g/mol. The second-order valence-corrected chi connectivity index (χ2v) is 6.01. The topological polar surface area (TPSA) is 43.4 Å². The third-order valence-electron chi connectivity index (χ3n) is 2.05. The van der Waals surface area contributed by atoms with E-state index in [2.05, 4.69) is 0 Å². The Morgan fingerprint density at radius 1 is 1.33 bits per heavy atom. The van der Waals surface area contributed by atoms with Gasteiger partial charge in [-0.15, -0.1) is 0 Å². The molecule has 0 radical (unpaired) electrons. The predicted molar refractivity (Wildman–Crippen MR) is 60.5 cm³/mol. The number of hydrogen-bond acceptors (Lipinski definition) is 3. The fourth-order valence-corrected chi connectivity index (χ4v) is 3.18. The number of hydrogen-bond donors (Lipinski definition) is 0. The van der Waals surface area contributed by atoms with Crippen molar-refractivity contribution in [3.63, 3.8) is 0 Å². The Balaban J connectivity index is 3.74. The van der Waals surface area contributed by atoms with Gasteiger partial charge in [0.15, 0.2) is 0 Å². The van der Waals surface area contributed by atoms with Gasteiger partial charge in [0.05, 0.1) is 7.11 Å². The van der Waals surface area contributed by atoms with Crippen LogP contribution in [0.2, 0.25) is 5.02 Å². The number of rotatable bonds is 2. The molecule has 84 valence electrons. The molecule has 3 nitrogen and oxygen atoms in total. The van der Waals surface area contributed by atoms with E-state index >= 15 is 0 Å². The molecule has 0 unspecified atom stereocenters. The van der Waals surface area contributed by atoms with Crippen LogP contribution < -0.4 is 4.74 Å². The standard InChI is InChI=1S/C9H10Cl2O3S/c1-5-4-7(10)6(2)9(8(5)14-3)15(11,12)13/h4H,1-3H3. The molecule has 0 aliphatic rings. The SMILES string of the molecule is COc1c(C)cc(Cl)c(C)c1S(=O)(=O)Cl. The maximum absolute atomic E-state index is 11.4. The Morgan fingerprint density at radius 3 is 2.27 bits per heavy atom. The van der Waals surface area contributed by atoms with Gasteiger partial charge in [0.25, 0.3) is 9.05 Å². The van der Waals surface area contributed by atoms with Gasteiger partial charge < -0.3 is 4.74 Å². The van der Waals surface area contributed by atoms with Gasteiger partial charge in [-0.25, -0.2) is 8.42 Å². The maximum Gasteiger partial charge on any atom is 0.265 e. The van der Waals surface area contributed by atoms with Crippen LogP contribution in [0.3, 0.4) is 0 Å². The van der Waals surface area contributed by atoms with Crippen molar-refractivity contribution in [3.05, 3.63) is 22.2 Å².